The van der Waals surface area contributed by atoms with E-state index in [0.29, 0.717) is 0 Å². The average molecular weight is 198 g/mol. The Balaban J connectivity index is 3.34. The van der Waals surface area contributed by atoms with Gasteiger partial charge in [0.25, 0.3) is 0 Å². The second-order valence-corrected chi connectivity index (χ2v) is 3.09. The topological polar surface area (TPSA) is 66.6 Å². The summed E-state index contributed by atoms with van der Waals surface area (Å²) in [5, 5.41) is 8.74. The summed E-state index contributed by atoms with van der Waals surface area (Å²) in [7, 11) is 3.25. The Bertz CT molecular complexity index is 377. The molecule has 76 valence electrons. The van der Waals surface area contributed by atoms with Crippen molar-refractivity contribution in [2.24, 2.45) is 0 Å². The van der Waals surface area contributed by atoms with Gasteiger partial charge in [0.05, 0.1) is 11.3 Å². The van der Waals surface area contributed by atoms with Gasteiger partial charge in [-0.1, -0.05) is 0 Å². The number of carboxylic acids is 1. The lowest BCUT2D eigenvalue weighted by atomic mass is 10.1. The average Bonchev–Trinajstić information content (AvgIpc) is 2.02. The number of hydrogen-bond acceptors (Lipinski definition) is 3. The van der Waals surface area contributed by atoms with Crippen molar-refractivity contribution in [3.8, 4) is 0 Å². The van der Waals surface area contributed by atoms with Crippen LogP contribution in [0.15, 0.2) is 12.1 Å². The predicted molar refractivity (Wildman–Crippen MR) is 52.1 cm³/mol. The molecule has 0 unspecified atom stereocenters. The molecule has 14 heavy (non-hydrogen) atoms. The number of aromatic carboxylic acids is 1. The summed E-state index contributed by atoms with van der Waals surface area (Å²) in [5.74, 6) is -1.69. The molecule has 0 bridgehead atoms. The van der Waals surface area contributed by atoms with Gasteiger partial charge < -0.3 is 15.7 Å². The van der Waals surface area contributed by atoms with E-state index in [0.717, 1.165) is 6.07 Å². The molecule has 1 rings (SSSR count). The van der Waals surface area contributed by atoms with Crippen LogP contribution in [0.3, 0.4) is 0 Å². The van der Waals surface area contributed by atoms with Crippen LogP contribution in [0.1, 0.15) is 10.4 Å². The van der Waals surface area contributed by atoms with E-state index >= 15 is 0 Å². The largest absolute Gasteiger partial charge is 0.478 e. The Kier molecular flexibility index (Phi) is 2.60. The maximum atomic E-state index is 13.2. The molecule has 0 atom stereocenters. The summed E-state index contributed by atoms with van der Waals surface area (Å²) in [6.45, 7) is 0. The van der Waals surface area contributed by atoms with Crippen LogP contribution in [0.25, 0.3) is 0 Å². The zero-order valence-corrected chi connectivity index (χ0v) is 7.91. The molecule has 0 heterocycles. The van der Waals surface area contributed by atoms with Crippen LogP contribution in [-0.4, -0.2) is 25.2 Å². The van der Waals surface area contributed by atoms with Gasteiger partial charge in [-0.25, -0.2) is 9.18 Å². The number of hydrogen-bond donors (Lipinski definition) is 2. The molecule has 1 aromatic carbocycles. The van der Waals surface area contributed by atoms with Gasteiger partial charge in [0.15, 0.2) is 0 Å². The van der Waals surface area contributed by atoms with E-state index in [4.69, 9.17) is 10.8 Å². The highest BCUT2D eigenvalue weighted by molar-refractivity contribution is 5.94. The number of carboxylic acid groups (broad SMARTS) is 1. The number of rotatable bonds is 2. The van der Waals surface area contributed by atoms with Gasteiger partial charge in [0, 0.05) is 19.8 Å². The second-order valence-electron chi connectivity index (χ2n) is 3.09. The van der Waals surface area contributed by atoms with Crippen LogP contribution in [0.4, 0.5) is 15.8 Å². The first-order valence-electron chi connectivity index (χ1n) is 3.93. The van der Waals surface area contributed by atoms with Crippen LogP contribution in [0, 0.1) is 5.82 Å². The number of nitrogens with two attached hydrogens (primary N) is 1. The van der Waals surface area contributed by atoms with E-state index in [9.17, 15) is 9.18 Å². The predicted octanol–water partition coefficient (Wildman–Crippen LogP) is 1.17. The van der Waals surface area contributed by atoms with Crippen LogP contribution >= 0.6 is 0 Å². The lowest BCUT2D eigenvalue weighted by Crippen LogP contribution is -2.13. The molecule has 0 aliphatic carbocycles. The Morgan fingerprint density at radius 1 is 1.50 bits per heavy atom. The van der Waals surface area contributed by atoms with Gasteiger partial charge >= 0.3 is 5.97 Å². The minimum atomic E-state index is -1.16. The Morgan fingerprint density at radius 3 is 2.50 bits per heavy atom. The first-order chi connectivity index (χ1) is 6.43. The van der Waals surface area contributed by atoms with Gasteiger partial charge in [-0.2, -0.15) is 0 Å². The van der Waals surface area contributed by atoms with Crippen LogP contribution < -0.4 is 10.6 Å². The van der Waals surface area contributed by atoms with Gasteiger partial charge in [-0.15, -0.1) is 0 Å². The molecule has 0 fully saturated rings. The third kappa shape index (κ3) is 1.76. The summed E-state index contributed by atoms with van der Waals surface area (Å²) in [4.78, 5) is 12.2. The van der Waals surface area contributed by atoms with E-state index < -0.39 is 11.8 Å². The molecule has 0 spiro atoms. The highest BCUT2D eigenvalue weighted by Crippen LogP contribution is 2.23. The lowest BCUT2D eigenvalue weighted by molar-refractivity contribution is 0.0698. The SMILES string of the molecule is CN(C)c1cc(C(=O)O)c(N)cc1F. The summed E-state index contributed by atoms with van der Waals surface area (Å²) in [6.07, 6.45) is 0. The van der Waals surface area contributed by atoms with Gasteiger partial charge in [-0.05, 0) is 12.1 Å². The van der Waals surface area contributed by atoms with E-state index in [1.54, 1.807) is 14.1 Å². The smallest absolute Gasteiger partial charge is 0.337 e. The van der Waals surface area contributed by atoms with Crippen LogP contribution in [0.2, 0.25) is 0 Å². The second kappa shape index (κ2) is 3.53. The van der Waals surface area contributed by atoms with Crippen LogP contribution in [0.5, 0.6) is 0 Å². The molecule has 0 aliphatic heterocycles. The molecule has 0 aliphatic rings. The van der Waals surface area contributed by atoms with E-state index in [1.165, 1.54) is 11.0 Å². The fraction of sp³-hybridized carbons (Fsp3) is 0.222. The molecule has 5 heteroatoms. The summed E-state index contributed by atoms with van der Waals surface area (Å²) in [6, 6.07) is 2.23. The van der Waals surface area contributed by atoms with Crippen molar-refractivity contribution in [3.05, 3.63) is 23.5 Å². The number of anilines is 2. The number of carbonyl (C=O) groups is 1. The minimum Gasteiger partial charge on any atom is -0.478 e. The molecule has 3 N–H and O–H groups in total. The van der Waals surface area contributed by atoms with Gasteiger partial charge in [0.2, 0.25) is 0 Å². The molecule has 0 amide bonds. The van der Waals surface area contributed by atoms with Gasteiger partial charge in [-0.3, -0.25) is 0 Å². The fourth-order valence-electron chi connectivity index (χ4n) is 1.11. The van der Waals surface area contributed by atoms with Crippen molar-refractivity contribution in [1.82, 2.24) is 0 Å². The molecule has 4 nitrogen and oxygen atoms in total. The Hall–Kier alpha value is -1.78. The molecule has 0 radical (unpaired) electrons. The highest BCUT2D eigenvalue weighted by Gasteiger charge is 2.13. The Labute approximate surface area is 80.7 Å². The first kappa shape index (κ1) is 10.3. The first-order valence-corrected chi connectivity index (χ1v) is 3.93. The van der Waals surface area contributed by atoms with Crippen molar-refractivity contribution < 1.29 is 14.3 Å². The van der Waals surface area contributed by atoms with Crippen molar-refractivity contribution in [1.29, 1.82) is 0 Å². The number of benzene rings is 1. The maximum absolute atomic E-state index is 13.2. The van der Waals surface area contributed by atoms with Crippen molar-refractivity contribution >= 4 is 17.3 Å². The van der Waals surface area contributed by atoms with E-state index in [-0.39, 0.29) is 16.9 Å². The monoisotopic (exact) mass is 198 g/mol. The quantitative estimate of drug-likeness (QED) is 0.700. The zero-order valence-electron chi connectivity index (χ0n) is 7.91. The van der Waals surface area contributed by atoms with E-state index in [1.807, 2.05) is 0 Å². The molecule has 0 aromatic heterocycles. The summed E-state index contributed by atoms with van der Waals surface area (Å²) >= 11 is 0. The number of nitrogens with zero attached hydrogens (tertiary/aromatic N) is 1. The molecule has 0 saturated heterocycles. The zero-order chi connectivity index (χ0) is 10.9. The van der Waals surface area contributed by atoms with Crippen molar-refractivity contribution in [2.75, 3.05) is 24.7 Å². The normalized spacial score (nSPS) is 9.93. The number of nitrogen functional groups attached to an aromatic ring is 1. The third-order valence-corrected chi connectivity index (χ3v) is 1.83. The minimum absolute atomic E-state index is 0.0689. The summed E-state index contributed by atoms with van der Waals surface area (Å²) in [5.41, 5.74) is 5.40. The van der Waals surface area contributed by atoms with Gasteiger partial charge in [0.1, 0.15) is 5.82 Å². The Morgan fingerprint density at radius 2 is 2.07 bits per heavy atom. The van der Waals surface area contributed by atoms with Crippen molar-refractivity contribution in [3.63, 3.8) is 0 Å². The van der Waals surface area contributed by atoms with Crippen molar-refractivity contribution in [2.45, 2.75) is 0 Å². The summed E-state index contributed by atoms with van der Waals surface area (Å²) < 4.78 is 13.2. The molecular weight excluding hydrogens is 187 g/mol. The molecular formula is C9H11FN2O2. The molecule has 1 aromatic rings. The van der Waals surface area contributed by atoms with Crippen LogP contribution in [-0.2, 0) is 0 Å². The highest BCUT2D eigenvalue weighted by atomic mass is 19.1. The molecule has 0 saturated carbocycles. The standard InChI is InChI=1S/C9H11FN2O2/c1-12(2)8-3-5(9(13)14)7(11)4-6(8)10/h3-4H,11H2,1-2H3,(H,13,14). The van der Waals surface area contributed by atoms with E-state index in [2.05, 4.69) is 0 Å². The maximum Gasteiger partial charge on any atom is 0.337 e. The number of halogens is 1. The fourth-order valence-corrected chi connectivity index (χ4v) is 1.11. The lowest BCUT2D eigenvalue weighted by Gasteiger charge is -2.14. The third-order valence-electron chi connectivity index (χ3n) is 1.83.